The van der Waals surface area contributed by atoms with E-state index in [1.54, 1.807) is 7.11 Å². The van der Waals surface area contributed by atoms with E-state index >= 15 is 0 Å². The minimum atomic E-state index is 0.591. The molecule has 0 fully saturated rings. The molecular formula is C18H23NO. The summed E-state index contributed by atoms with van der Waals surface area (Å²) in [5.74, 6) is 1.50. The highest BCUT2D eigenvalue weighted by atomic mass is 16.5. The maximum atomic E-state index is 5.23. The van der Waals surface area contributed by atoms with Gasteiger partial charge in [0.2, 0.25) is 0 Å². The molecule has 0 saturated carbocycles. The molecule has 2 aromatic rings. The van der Waals surface area contributed by atoms with Crippen molar-refractivity contribution in [1.29, 1.82) is 0 Å². The molecule has 20 heavy (non-hydrogen) atoms. The second-order valence-corrected chi connectivity index (χ2v) is 5.35. The number of rotatable bonds is 6. The van der Waals surface area contributed by atoms with Crippen molar-refractivity contribution >= 4 is 0 Å². The summed E-state index contributed by atoms with van der Waals surface area (Å²) < 4.78 is 5.23. The van der Waals surface area contributed by atoms with Gasteiger partial charge in [0.15, 0.2) is 0 Å². The Morgan fingerprint density at radius 3 is 2.30 bits per heavy atom. The zero-order valence-corrected chi connectivity index (χ0v) is 12.5. The molecule has 2 heteroatoms. The molecule has 0 radical (unpaired) electrons. The van der Waals surface area contributed by atoms with Crippen LogP contribution in [0.4, 0.5) is 0 Å². The minimum Gasteiger partial charge on any atom is -0.497 e. The lowest BCUT2D eigenvalue weighted by molar-refractivity contribution is 0.414. The molecule has 0 heterocycles. The van der Waals surface area contributed by atoms with Crippen molar-refractivity contribution in [2.24, 2.45) is 0 Å². The van der Waals surface area contributed by atoms with Crippen LogP contribution in [0.3, 0.4) is 0 Å². The lowest BCUT2D eigenvalue weighted by atomic mass is 10.0. The standard InChI is InChI=1S/C18H23NO/c1-14(2)17-9-7-15(8-10-17)12-19-13-16-5-4-6-18(11-16)20-3/h4-11,14,19H,12-13H2,1-3H3. The summed E-state index contributed by atoms with van der Waals surface area (Å²) in [5, 5.41) is 3.46. The van der Waals surface area contributed by atoms with E-state index < -0.39 is 0 Å². The van der Waals surface area contributed by atoms with Crippen LogP contribution in [0.25, 0.3) is 0 Å². The molecule has 106 valence electrons. The van der Waals surface area contributed by atoms with Crippen LogP contribution in [0.15, 0.2) is 48.5 Å². The van der Waals surface area contributed by atoms with E-state index in [4.69, 9.17) is 4.74 Å². The third-order valence-electron chi connectivity index (χ3n) is 3.44. The lowest BCUT2D eigenvalue weighted by Gasteiger charge is -2.09. The summed E-state index contributed by atoms with van der Waals surface area (Å²) in [4.78, 5) is 0. The molecule has 0 aliphatic heterocycles. The van der Waals surface area contributed by atoms with Crippen LogP contribution in [0, 0.1) is 0 Å². The molecule has 0 amide bonds. The predicted octanol–water partition coefficient (Wildman–Crippen LogP) is 4.11. The van der Waals surface area contributed by atoms with Crippen molar-refractivity contribution in [3.63, 3.8) is 0 Å². The minimum absolute atomic E-state index is 0.591. The summed E-state index contributed by atoms with van der Waals surface area (Å²) in [6.45, 7) is 6.17. The van der Waals surface area contributed by atoms with Crippen molar-refractivity contribution in [2.45, 2.75) is 32.9 Å². The van der Waals surface area contributed by atoms with E-state index in [0.717, 1.165) is 18.8 Å². The van der Waals surface area contributed by atoms with Crippen LogP contribution in [0.2, 0.25) is 0 Å². The van der Waals surface area contributed by atoms with Crippen LogP contribution >= 0.6 is 0 Å². The first-order valence-electron chi connectivity index (χ1n) is 7.11. The van der Waals surface area contributed by atoms with Crippen LogP contribution < -0.4 is 10.1 Å². The molecule has 0 aliphatic carbocycles. The van der Waals surface area contributed by atoms with E-state index in [1.807, 2.05) is 12.1 Å². The van der Waals surface area contributed by atoms with Crippen molar-refractivity contribution in [1.82, 2.24) is 5.32 Å². The summed E-state index contributed by atoms with van der Waals surface area (Å²) in [5.41, 5.74) is 3.95. The second-order valence-electron chi connectivity index (χ2n) is 5.35. The van der Waals surface area contributed by atoms with Crippen molar-refractivity contribution in [3.05, 3.63) is 65.2 Å². The molecular weight excluding hydrogens is 246 g/mol. The summed E-state index contributed by atoms with van der Waals surface area (Å²) in [6.07, 6.45) is 0. The Bertz CT molecular complexity index is 531. The van der Waals surface area contributed by atoms with Crippen LogP contribution in [0.1, 0.15) is 36.5 Å². The number of ether oxygens (including phenoxy) is 1. The van der Waals surface area contributed by atoms with Gasteiger partial charge in [0.05, 0.1) is 7.11 Å². The fraction of sp³-hybridized carbons (Fsp3) is 0.333. The molecule has 1 N–H and O–H groups in total. The van der Waals surface area contributed by atoms with E-state index in [0.29, 0.717) is 5.92 Å². The number of nitrogens with one attached hydrogen (secondary N) is 1. The summed E-state index contributed by atoms with van der Waals surface area (Å²) in [6, 6.07) is 17.0. The number of hydrogen-bond acceptors (Lipinski definition) is 2. The van der Waals surface area contributed by atoms with E-state index in [-0.39, 0.29) is 0 Å². The maximum absolute atomic E-state index is 5.23. The Hall–Kier alpha value is -1.80. The van der Waals surface area contributed by atoms with Gasteiger partial charge >= 0.3 is 0 Å². The van der Waals surface area contributed by atoms with Gasteiger partial charge in [-0.2, -0.15) is 0 Å². The molecule has 2 aromatic carbocycles. The topological polar surface area (TPSA) is 21.3 Å². The molecule has 0 spiro atoms. The van der Waals surface area contributed by atoms with Crippen molar-refractivity contribution < 1.29 is 4.74 Å². The predicted molar refractivity (Wildman–Crippen MR) is 84.1 cm³/mol. The Morgan fingerprint density at radius 1 is 0.950 bits per heavy atom. The Morgan fingerprint density at radius 2 is 1.65 bits per heavy atom. The normalized spacial score (nSPS) is 10.8. The molecule has 0 unspecified atom stereocenters. The van der Waals surface area contributed by atoms with Gasteiger partial charge in [0.1, 0.15) is 5.75 Å². The van der Waals surface area contributed by atoms with Gasteiger partial charge in [-0.15, -0.1) is 0 Å². The van der Waals surface area contributed by atoms with Gasteiger partial charge in [0.25, 0.3) is 0 Å². The first-order valence-corrected chi connectivity index (χ1v) is 7.11. The van der Waals surface area contributed by atoms with Crippen molar-refractivity contribution in [3.8, 4) is 5.75 Å². The maximum Gasteiger partial charge on any atom is 0.119 e. The number of hydrogen-bond donors (Lipinski definition) is 1. The molecule has 2 nitrogen and oxygen atoms in total. The molecule has 0 atom stereocenters. The van der Waals surface area contributed by atoms with E-state index in [2.05, 4.69) is 55.6 Å². The zero-order valence-electron chi connectivity index (χ0n) is 12.5. The summed E-state index contributed by atoms with van der Waals surface area (Å²) >= 11 is 0. The van der Waals surface area contributed by atoms with Gasteiger partial charge in [-0.3, -0.25) is 0 Å². The molecule has 0 aliphatic rings. The molecule has 0 saturated heterocycles. The smallest absolute Gasteiger partial charge is 0.119 e. The SMILES string of the molecule is COc1cccc(CNCc2ccc(C(C)C)cc2)c1. The van der Waals surface area contributed by atoms with Crippen LogP contribution in [0.5, 0.6) is 5.75 Å². The van der Waals surface area contributed by atoms with Crippen molar-refractivity contribution in [2.75, 3.05) is 7.11 Å². The molecule has 2 rings (SSSR count). The third kappa shape index (κ3) is 4.10. The monoisotopic (exact) mass is 269 g/mol. The average Bonchev–Trinajstić information content (AvgIpc) is 2.48. The number of methoxy groups -OCH3 is 1. The average molecular weight is 269 g/mol. The Labute approximate surface area is 121 Å². The Kier molecular flexibility index (Phi) is 5.19. The van der Waals surface area contributed by atoms with Gasteiger partial charge in [0, 0.05) is 13.1 Å². The van der Waals surface area contributed by atoms with Gasteiger partial charge < -0.3 is 10.1 Å². The zero-order chi connectivity index (χ0) is 14.4. The van der Waals surface area contributed by atoms with Gasteiger partial charge in [-0.1, -0.05) is 50.2 Å². The van der Waals surface area contributed by atoms with Crippen LogP contribution in [-0.4, -0.2) is 7.11 Å². The fourth-order valence-corrected chi connectivity index (χ4v) is 2.15. The highest BCUT2D eigenvalue weighted by Gasteiger charge is 1.99. The Balaban J connectivity index is 1.86. The lowest BCUT2D eigenvalue weighted by Crippen LogP contribution is -2.12. The highest BCUT2D eigenvalue weighted by molar-refractivity contribution is 5.28. The fourth-order valence-electron chi connectivity index (χ4n) is 2.15. The van der Waals surface area contributed by atoms with Crippen LogP contribution in [-0.2, 0) is 13.1 Å². The quantitative estimate of drug-likeness (QED) is 0.852. The first kappa shape index (κ1) is 14.6. The molecule has 0 aromatic heterocycles. The number of benzene rings is 2. The van der Waals surface area contributed by atoms with E-state index in [1.165, 1.54) is 16.7 Å². The van der Waals surface area contributed by atoms with E-state index in [9.17, 15) is 0 Å². The third-order valence-corrected chi connectivity index (χ3v) is 3.44. The first-order chi connectivity index (χ1) is 9.69. The summed E-state index contributed by atoms with van der Waals surface area (Å²) in [7, 11) is 1.70. The van der Waals surface area contributed by atoms with Gasteiger partial charge in [-0.05, 0) is 34.7 Å². The second kappa shape index (κ2) is 7.11. The largest absolute Gasteiger partial charge is 0.497 e. The molecule has 0 bridgehead atoms. The van der Waals surface area contributed by atoms with Gasteiger partial charge in [-0.25, -0.2) is 0 Å². The highest BCUT2D eigenvalue weighted by Crippen LogP contribution is 2.15.